The van der Waals surface area contributed by atoms with Crippen LogP contribution >= 0.6 is 0 Å². The van der Waals surface area contributed by atoms with Crippen molar-refractivity contribution < 1.29 is 156 Å². The summed E-state index contributed by atoms with van der Waals surface area (Å²) in [6, 6.07) is 84.8. The van der Waals surface area contributed by atoms with Gasteiger partial charge in [-0.1, -0.05) is 54.6 Å². The molecule has 706 valence electrons. The molecule has 0 amide bonds. The molecule has 11 aromatic carbocycles. The number of hydrogen-bond acceptors (Lipinski definition) is 17. The van der Waals surface area contributed by atoms with Crippen molar-refractivity contribution >= 4 is 0 Å². The normalized spacial score (nSPS) is 12.2. The first-order valence-electron chi connectivity index (χ1n) is 40.9. The van der Waals surface area contributed by atoms with Gasteiger partial charge in [-0.2, -0.15) is 20.4 Å². The molecular formula is C100H97F8Ir4N13O8-4. The van der Waals surface area contributed by atoms with Crippen molar-refractivity contribution in [2.75, 3.05) is 0 Å². The van der Waals surface area contributed by atoms with Crippen LogP contribution < -0.4 is 0 Å². The molecule has 21 nitrogen and oxygen atoms in total. The maximum Gasteiger partial charge on any atom is 0.160 e. The number of hydrogen-bond donors (Lipinski definition) is 8. The van der Waals surface area contributed by atoms with Crippen molar-refractivity contribution in [1.82, 2.24) is 64.0 Å². The van der Waals surface area contributed by atoms with E-state index in [1.807, 2.05) is 113 Å². The zero-order valence-corrected chi connectivity index (χ0v) is 82.8. The number of aliphatic hydroxyl groups excluding tert-OH is 8. The Labute approximate surface area is 820 Å². The number of aryl methyl sites for hydroxylation is 1. The molecule has 0 spiro atoms. The van der Waals surface area contributed by atoms with E-state index in [9.17, 15) is 35.1 Å². The second kappa shape index (κ2) is 56.8. The molecule has 16 rings (SSSR count). The molecule has 0 saturated heterocycles. The fraction of sp³-hybridized carbons (Fsp3) is 0.210. The molecule has 33 heteroatoms. The monoisotopic (exact) mass is 2530 g/mol. The van der Waals surface area contributed by atoms with E-state index in [-0.39, 0.29) is 158 Å². The first-order chi connectivity index (χ1) is 61.8. The summed E-state index contributed by atoms with van der Waals surface area (Å²) in [7, 11) is 0. The van der Waals surface area contributed by atoms with Crippen LogP contribution in [0.25, 0.3) is 114 Å². The van der Waals surface area contributed by atoms with Crippen molar-refractivity contribution in [3.05, 3.63) is 356 Å². The van der Waals surface area contributed by atoms with Crippen LogP contribution in [0, 0.1) is 77.7 Å². The van der Waals surface area contributed by atoms with E-state index in [4.69, 9.17) is 40.9 Å². The summed E-state index contributed by atoms with van der Waals surface area (Å²) in [6.45, 7) is 15.3. The van der Waals surface area contributed by atoms with Crippen molar-refractivity contribution in [2.45, 2.75) is 137 Å². The fourth-order valence-corrected chi connectivity index (χ4v) is 12.5. The quantitative estimate of drug-likeness (QED) is 0.0260. The van der Waals surface area contributed by atoms with Gasteiger partial charge in [-0.05, 0) is 233 Å². The molecule has 8 atom stereocenters. The van der Waals surface area contributed by atoms with Gasteiger partial charge < -0.3 is 59.1 Å². The molecule has 0 aliphatic carbocycles. The van der Waals surface area contributed by atoms with Gasteiger partial charge in [0.05, 0.1) is 72.1 Å². The van der Waals surface area contributed by atoms with Crippen LogP contribution in [0.5, 0.6) is 0 Å². The minimum atomic E-state index is -0.427. The molecule has 5 aromatic heterocycles. The first kappa shape index (κ1) is 112. The SMILES string of the molecule is CC(O)CC(C)O.CC(O)CC(C)O.CC(O)CC(C)O.CC(O)CC(C)O.Cc1cccc(-n2c(-c3[c-]cc(F)cc3)nnc2-c2ccc(F)cc2)c1.Fc1c[c-]c(-c2nnc(-c3ccc(F)cc3)n2-c2ccc(F)cc2)cc1.Fc1c[c-]c(-c2nnc(-c3ccc(F)cc3)n2-c2cccc(F)c2)cc1.[Ir].[Ir].[Ir].[Ir].[c-]1ccccc1-c1nnc(-c2ccccc2)n1-c1ccccn1. The van der Waals surface area contributed by atoms with Crippen molar-refractivity contribution in [3.63, 3.8) is 0 Å². The molecule has 0 aliphatic heterocycles. The van der Waals surface area contributed by atoms with Crippen LogP contribution in [0.3, 0.4) is 0 Å². The molecule has 8 N–H and O–H groups in total. The maximum absolute atomic E-state index is 13.8. The summed E-state index contributed by atoms with van der Waals surface area (Å²) in [6.07, 6.45) is 0.655. The summed E-state index contributed by atoms with van der Waals surface area (Å²) in [5.74, 6) is 1.95. The second-order valence-corrected chi connectivity index (χ2v) is 29.9. The summed E-state index contributed by atoms with van der Waals surface area (Å²) in [5, 5.41) is 103. The molecule has 0 saturated carbocycles. The van der Waals surface area contributed by atoms with Gasteiger partial charge in [-0.15, -0.1) is 146 Å². The Morgan fingerprint density at radius 3 is 0.857 bits per heavy atom. The van der Waals surface area contributed by atoms with E-state index in [0.717, 1.165) is 45.4 Å². The Balaban J connectivity index is 0.000000283. The molecule has 16 aromatic rings. The van der Waals surface area contributed by atoms with Crippen LogP contribution in [0.15, 0.2) is 279 Å². The molecular weight excluding hydrogens is 2430 g/mol. The van der Waals surface area contributed by atoms with Crippen molar-refractivity contribution in [3.8, 4) is 114 Å². The predicted octanol–water partition coefficient (Wildman–Crippen LogP) is 19.0. The molecule has 0 fully saturated rings. The number of rotatable bonds is 20. The Morgan fingerprint density at radius 2 is 0.549 bits per heavy atom. The number of halogens is 8. The van der Waals surface area contributed by atoms with Gasteiger partial charge in [-0.3, -0.25) is 13.2 Å². The van der Waals surface area contributed by atoms with E-state index >= 15 is 0 Å². The van der Waals surface area contributed by atoms with E-state index in [1.54, 1.807) is 137 Å². The Hall–Kier alpha value is -11.2. The minimum Gasteiger partial charge on any atom is -0.393 e. The Bertz CT molecular complexity index is 5520. The molecule has 0 aliphatic rings. The van der Waals surface area contributed by atoms with Crippen LogP contribution in [-0.4, -0.2) is 154 Å². The molecule has 133 heavy (non-hydrogen) atoms. The van der Waals surface area contributed by atoms with Crippen molar-refractivity contribution in [1.29, 1.82) is 0 Å². The van der Waals surface area contributed by atoms with Gasteiger partial charge in [0.15, 0.2) is 23.3 Å². The Kier molecular flexibility index (Phi) is 48.0. The molecule has 4 radical (unpaired) electrons. The number of nitrogens with zero attached hydrogens (tertiary/aromatic N) is 13. The molecule has 8 unspecified atom stereocenters. The largest absolute Gasteiger partial charge is 0.393 e. The third-order valence-electron chi connectivity index (χ3n) is 18.0. The minimum absolute atomic E-state index is 0. The van der Waals surface area contributed by atoms with Crippen molar-refractivity contribution in [2.24, 2.45) is 0 Å². The van der Waals surface area contributed by atoms with Gasteiger partial charge in [-0.25, -0.2) is 26.9 Å². The number of benzene rings is 11. The van der Waals surface area contributed by atoms with Gasteiger partial charge in [0.25, 0.3) is 0 Å². The maximum atomic E-state index is 13.8. The second-order valence-electron chi connectivity index (χ2n) is 29.9. The average Bonchev–Trinajstić information content (AvgIpc) is 1.68. The summed E-state index contributed by atoms with van der Waals surface area (Å²) in [4.78, 5) is 4.46. The van der Waals surface area contributed by atoms with Crippen LogP contribution in [-0.2, 0) is 80.4 Å². The fourth-order valence-electron chi connectivity index (χ4n) is 12.5. The third kappa shape index (κ3) is 35.6. The standard InChI is InChI=1S/C21H14F2N3.2C20H11F3N3.C19H13N4.4C5H12O2.4Ir/c1-14-3-2-4-19(13-14)26-20(15-5-9-17(22)10-6-15)24-25-21(26)16-7-11-18(23)12-8-16;21-15-5-1-13(2-6-15)19-24-25-20(14-3-7-16(22)8-4-14)26(19)18-11-9-17(23)10-12-18;21-15-8-4-13(5-9-15)19-24-25-20(14-6-10-16(22)11-7-14)26(19)18-3-1-2-17(23)12-18;1-3-9-15(10-4-1)18-21-22-19(16-11-5-2-6-12-16)23(18)17-13-7-8-14-20-17;4*1-4(6)3-5(2)7;;;;/h2-7,9-13H,1H3;1-3,5-12H;1-6,8-12H;1-11,13-14H;4*4-7H,3H2,1-2H3;;;;/q4*-1;;;;;;;;. The van der Waals surface area contributed by atoms with E-state index in [1.165, 1.54) is 109 Å². The van der Waals surface area contributed by atoms with E-state index in [0.29, 0.717) is 99.8 Å². The summed E-state index contributed by atoms with van der Waals surface area (Å²) in [5.41, 5.74) is 8.53. The predicted molar refractivity (Wildman–Crippen MR) is 478 cm³/mol. The summed E-state index contributed by atoms with van der Waals surface area (Å²) < 4.78 is 114. The van der Waals surface area contributed by atoms with Gasteiger partial charge in [0.2, 0.25) is 0 Å². The van der Waals surface area contributed by atoms with Gasteiger partial charge in [0, 0.05) is 143 Å². The molecule has 0 bridgehead atoms. The third-order valence-corrected chi connectivity index (χ3v) is 18.0. The van der Waals surface area contributed by atoms with Gasteiger partial charge >= 0.3 is 0 Å². The van der Waals surface area contributed by atoms with Crippen LogP contribution in [0.1, 0.15) is 86.6 Å². The number of aromatic nitrogens is 13. The number of pyridine rings is 1. The smallest absolute Gasteiger partial charge is 0.160 e. The zero-order valence-electron chi connectivity index (χ0n) is 73.3. The van der Waals surface area contributed by atoms with E-state index < -0.39 is 17.5 Å². The zero-order chi connectivity index (χ0) is 93.2. The molecule has 5 heterocycles. The van der Waals surface area contributed by atoms with Gasteiger partial charge in [0.1, 0.15) is 34.9 Å². The van der Waals surface area contributed by atoms with Crippen LogP contribution in [0.4, 0.5) is 35.1 Å². The van der Waals surface area contributed by atoms with E-state index in [2.05, 4.69) is 70.0 Å². The summed E-state index contributed by atoms with van der Waals surface area (Å²) >= 11 is 0. The average molecular weight is 2530 g/mol. The Morgan fingerprint density at radius 1 is 0.256 bits per heavy atom. The topological polar surface area (TPSA) is 298 Å². The number of aliphatic hydroxyl groups is 8. The first-order valence-corrected chi connectivity index (χ1v) is 40.9. The van der Waals surface area contributed by atoms with Crippen LogP contribution in [0.2, 0.25) is 0 Å².